The number of carbonyl (C=O) groups is 1. The zero-order chi connectivity index (χ0) is 9.40. The van der Waals surface area contributed by atoms with Gasteiger partial charge < -0.3 is 5.32 Å². The predicted octanol–water partition coefficient (Wildman–Crippen LogP) is 2.26. The molecule has 0 aromatic heterocycles. The molecule has 1 N–H and O–H groups in total. The van der Waals surface area contributed by atoms with E-state index >= 15 is 0 Å². The molecule has 0 atom stereocenters. The molecule has 12 heavy (non-hydrogen) atoms. The first kappa shape index (κ1) is 11.2. The van der Waals surface area contributed by atoms with Crippen LogP contribution in [0.4, 0.5) is 0 Å². The molecule has 2 nitrogen and oxygen atoms in total. The highest BCUT2D eigenvalue weighted by Gasteiger charge is 1.95. The number of rotatable bonds is 5. The Kier molecular flexibility index (Phi) is 6.44. The van der Waals surface area contributed by atoms with E-state index in [1.165, 1.54) is 0 Å². The first-order chi connectivity index (χ1) is 5.70. The Bertz CT molecular complexity index is 161. The summed E-state index contributed by atoms with van der Waals surface area (Å²) in [5.41, 5.74) is 1.16. The molecule has 0 heterocycles. The van der Waals surface area contributed by atoms with E-state index in [9.17, 15) is 4.79 Å². The number of amides is 1. The van der Waals surface area contributed by atoms with E-state index < -0.39 is 0 Å². The van der Waals surface area contributed by atoms with Gasteiger partial charge in [0.05, 0.1) is 0 Å². The minimum atomic E-state index is 0.0443. The Labute approximate surface area is 75.0 Å². The van der Waals surface area contributed by atoms with Gasteiger partial charge in [-0.25, -0.2) is 0 Å². The Balaban J connectivity index is 3.71. The van der Waals surface area contributed by atoms with Crippen LogP contribution in [-0.2, 0) is 4.79 Å². The summed E-state index contributed by atoms with van der Waals surface area (Å²) < 4.78 is 0. The van der Waals surface area contributed by atoms with Crippen LogP contribution in [0, 0.1) is 0 Å². The van der Waals surface area contributed by atoms with Crippen LogP contribution >= 0.6 is 0 Å². The van der Waals surface area contributed by atoms with Crippen LogP contribution in [0.25, 0.3) is 0 Å². The van der Waals surface area contributed by atoms with Crippen LogP contribution < -0.4 is 5.32 Å². The smallest absolute Gasteiger partial charge is 0.243 e. The van der Waals surface area contributed by atoms with Crippen LogP contribution in [-0.4, -0.2) is 12.5 Å². The van der Waals surface area contributed by atoms with E-state index in [0.29, 0.717) is 0 Å². The highest BCUT2D eigenvalue weighted by molar-refractivity contribution is 5.88. The average Bonchev–Trinajstić information content (AvgIpc) is 2.01. The molecule has 0 aliphatic rings. The van der Waals surface area contributed by atoms with Crippen LogP contribution in [0.2, 0.25) is 0 Å². The maximum Gasteiger partial charge on any atom is 0.243 e. The van der Waals surface area contributed by atoms with Crippen molar-refractivity contribution in [2.24, 2.45) is 0 Å². The molecule has 0 spiro atoms. The summed E-state index contributed by atoms with van der Waals surface area (Å²) in [6.07, 6.45) is 4.80. The van der Waals surface area contributed by atoms with Gasteiger partial charge in [0.1, 0.15) is 0 Å². The lowest BCUT2D eigenvalue weighted by Crippen LogP contribution is -2.21. The second kappa shape index (κ2) is 6.89. The van der Waals surface area contributed by atoms with Crippen molar-refractivity contribution in [1.29, 1.82) is 0 Å². The summed E-state index contributed by atoms with van der Waals surface area (Å²) in [6.45, 7) is 6.92. The topological polar surface area (TPSA) is 29.1 Å². The molecular weight excluding hydrogens is 150 g/mol. The molecule has 1 amide bonds. The first-order valence-electron chi connectivity index (χ1n) is 4.65. The molecule has 0 aliphatic carbocycles. The highest BCUT2D eigenvalue weighted by Crippen LogP contribution is 2.01. The number of carbonyl (C=O) groups excluding carboxylic acids is 1. The minimum Gasteiger partial charge on any atom is -0.353 e. The fourth-order valence-corrected chi connectivity index (χ4v) is 0.990. The minimum absolute atomic E-state index is 0.0443. The third kappa shape index (κ3) is 5.96. The molecule has 0 bridgehead atoms. The number of allylic oxidation sites excluding steroid dienone is 1. The second-order valence-electron chi connectivity index (χ2n) is 3.03. The summed E-state index contributed by atoms with van der Waals surface area (Å²) >= 11 is 0. The molecule has 0 fully saturated rings. The van der Waals surface area contributed by atoms with Crippen molar-refractivity contribution in [3.8, 4) is 0 Å². The molecule has 0 radical (unpaired) electrons. The van der Waals surface area contributed by atoms with Crippen molar-refractivity contribution < 1.29 is 4.79 Å². The maximum absolute atomic E-state index is 11.1. The van der Waals surface area contributed by atoms with Crippen molar-refractivity contribution in [3.05, 3.63) is 11.6 Å². The Morgan fingerprint density at radius 2 is 2.00 bits per heavy atom. The number of nitrogens with one attached hydrogen (secondary N) is 1. The molecule has 0 aliphatic heterocycles. The van der Waals surface area contributed by atoms with Gasteiger partial charge in [-0.05, 0) is 19.8 Å². The van der Waals surface area contributed by atoms with Crippen molar-refractivity contribution in [2.45, 2.75) is 40.0 Å². The van der Waals surface area contributed by atoms with Gasteiger partial charge in [-0.15, -0.1) is 0 Å². The van der Waals surface area contributed by atoms with Crippen molar-refractivity contribution >= 4 is 5.91 Å². The maximum atomic E-state index is 11.1. The van der Waals surface area contributed by atoms with E-state index in [-0.39, 0.29) is 5.91 Å². The van der Waals surface area contributed by atoms with E-state index in [2.05, 4.69) is 12.2 Å². The van der Waals surface area contributed by atoms with Crippen LogP contribution in [0.3, 0.4) is 0 Å². The van der Waals surface area contributed by atoms with Gasteiger partial charge in [0.25, 0.3) is 0 Å². The van der Waals surface area contributed by atoms with E-state index in [1.54, 1.807) is 6.08 Å². The van der Waals surface area contributed by atoms with Gasteiger partial charge >= 0.3 is 0 Å². The monoisotopic (exact) mass is 169 g/mol. The van der Waals surface area contributed by atoms with Crippen molar-refractivity contribution in [1.82, 2.24) is 5.32 Å². The lowest BCUT2D eigenvalue weighted by Gasteiger charge is -2.00. The van der Waals surface area contributed by atoms with Crippen LogP contribution in [0.15, 0.2) is 11.6 Å². The van der Waals surface area contributed by atoms with Crippen molar-refractivity contribution in [3.63, 3.8) is 0 Å². The summed E-state index contributed by atoms with van der Waals surface area (Å²) in [7, 11) is 0. The summed E-state index contributed by atoms with van der Waals surface area (Å²) in [4.78, 5) is 11.1. The van der Waals surface area contributed by atoms with Gasteiger partial charge in [0.15, 0.2) is 0 Å². The predicted molar refractivity (Wildman–Crippen MR) is 52.0 cm³/mol. The van der Waals surface area contributed by atoms with Gasteiger partial charge in [-0.2, -0.15) is 0 Å². The molecule has 2 heteroatoms. The largest absolute Gasteiger partial charge is 0.353 e. The lowest BCUT2D eigenvalue weighted by atomic mass is 10.1. The SMILES string of the molecule is CCCNC(=O)/C=C(\C)CCC. The zero-order valence-electron chi connectivity index (χ0n) is 8.31. The normalized spacial score (nSPS) is 11.4. The van der Waals surface area contributed by atoms with Gasteiger partial charge in [0, 0.05) is 12.6 Å². The molecular formula is C10H19NO. The fourth-order valence-electron chi connectivity index (χ4n) is 0.990. The van der Waals surface area contributed by atoms with E-state index in [4.69, 9.17) is 0 Å². The second-order valence-corrected chi connectivity index (χ2v) is 3.03. The first-order valence-corrected chi connectivity index (χ1v) is 4.65. The molecule has 0 unspecified atom stereocenters. The quantitative estimate of drug-likeness (QED) is 0.628. The fraction of sp³-hybridized carbons (Fsp3) is 0.700. The highest BCUT2D eigenvalue weighted by atomic mass is 16.1. The van der Waals surface area contributed by atoms with Crippen LogP contribution in [0.5, 0.6) is 0 Å². The molecule has 0 aromatic carbocycles. The third-order valence-electron chi connectivity index (χ3n) is 1.57. The standard InChI is InChI=1S/C10H19NO/c1-4-6-9(3)8-10(12)11-7-5-2/h8H,4-7H2,1-3H3,(H,11,12)/b9-8+. The number of hydrogen-bond acceptors (Lipinski definition) is 1. The molecule has 0 rings (SSSR count). The molecule has 0 saturated carbocycles. The third-order valence-corrected chi connectivity index (χ3v) is 1.57. The summed E-state index contributed by atoms with van der Waals surface area (Å²) in [5, 5.41) is 2.81. The van der Waals surface area contributed by atoms with Crippen LogP contribution in [0.1, 0.15) is 40.0 Å². The van der Waals surface area contributed by atoms with Gasteiger partial charge in [0.2, 0.25) is 5.91 Å². The van der Waals surface area contributed by atoms with Gasteiger partial charge in [-0.1, -0.05) is 25.8 Å². The lowest BCUT2D eigenvalue weighted by molar-refractivity contribution is -0.116. The molecule has 0 aromatic rings. The Morgan fingerprint density at radius 1 is 1.33 bits per heavy atom. The van der Waals surface area contributed by atoms with Crippen molar-refractivity contribution in [2.75, 3.05) is 6.54 Å². The molecule has 70 valence electrons. The van der Waals surface area contributed by atoms with E-state index in [0.717, 1.165) is 31.4 Å². The average molecular weight is 169 g/mol. The number of hydrogen-bond donors (Lipinski definition) is 1. The zero-order valence-corrected chi connectivity index (χ0v) is 8.31. The molecule has 0 saturated heterocycles. The Morgan fingerprint density at radius 3 is 2.50 bits per heavy atom. The summed E-state index contributed by atoms with van der Waals surface area (Å²) in [5.74, 6) is 0.0443. The Hall–Kier alpha value is -0.790. The van der Waals surface area contributed by atoms with E-state index in [1.807, 2.05) is 13.8 Å². The summed E-state index contributed by atoms with van der Waals surface area (Å²) in [6, 6.07) is 0. The van der Waals surface area contributed by atoms with Gasteiger partial charge in [-0.3, -0.25) is 4.79 Å².